The van der Waals surface area contributed by atoms with Crippen molar-refractivity contribution in [3.05, 3.63) is 0 Å². The first-order valence-electron chi connectivity index (χ1n) is 3.09. The minimum absolute atomic E-state index is 0.493. The summed E-state index contributed by atoms with van der Waals surface area (Å²) in [5.74, 6) is -5.57. The van der Waals surface area contributed by atoms with Gasteiger partial charge in [-0.05, 0) is 6.42 Å². The Morgan fingerprint density at radius 2 is 1.25 bits per heavy atom. The van der Waals surface area contributed by atoms with Crippen LogP contribution in [0.2, 0.25) is 0 Å². The summed E-state index contributed by atoms with van der Waals surface area (Å²) in [6, 6.07) is 0. The van der Waals surface area contributed by atoms with Crippen LogP contribution in [-0.2, 0) is 14.4 Å². The van der Waals surface area contributed by atoms with Gasteiger partial charge in [0.25, 0.3) is 5.41 Å². The molecule has 0 aliphatic heterocycles. The summed E-state index contributed by atoms with van der Waals surface area (Å²) >= 11 is 0. The van der Waals surface area contributed by atoms with Crippen molar-refractivity contribution in [2.75, 3.05) is 0 Å². The molecule has 0 amide bonds. The van der Waals surface area contributed by atoms with E-state index in [9.17, 15) is 14.4 Å². The van der Waals surface area contributed by atoms with Gasteiger partial charge in [0.1, 0.15) is 0 Å². The molecule has 12 heavy (non-hydrogen) atoms. The van der Waals surface area contributed by atoms with Crippen LogP contribution in [0.25, 0.3) is 0 Å². The summed E-state index contributed by atoms with van der Waals surface area (Å²) < 4.78 is 0. The highest BCUT2D eigenvalue weighted by atomic mass is 16.4. The molecule has 0 heterocycles. The quantitative estimate of drug-likeness (QED) is 0.504. The Kier molecular flexibility index (Phi) is 2.78. The van der Waals surface area contributed by atoms with Gasteiger partial charge in [-0.3, -0.25) is 14.4 Å². The monoisotopic (exact) mass is 176 g/mol. The molecule has 0 unspecified atom stereocenters. The van der Waals surface area contributed by atoms with Crippen LogP contribution in [0.15, 0.2) is 0 Å². The summed E-state index contributed by atoms with van der Waals surface area (Å²) in [6.07, 6.45) is -0.493. The number of carboxylic acids is 3. The number of hydrogen-bond acceptors (Lipinski definition) is 3. The minimum Gasteiger partial charge on any atom is -0.480 e. The van der Waals surface area contributed by atoms with E-state index in [4.69, 9.17) is 15.3 Å². The molecule has 0 rings (SSSR count). The Labute approximate surface area is 67.4 Å². The van der Waals surface area contributed by atoms with E-state index in [1.807, 2.05) is 0 Å². The van der Waals surface area contributed by atoms with E-state index in [1.165, 1.54) is 6.92 Å². The van der Waals surface area contributed by atoms with Gasteiger partial charge < -0.3 is 15.3 Å². The van der Waals surface area contributed by atoms with E-state index < -0.39 is 29.7 Å². The Morgan fingerprint density at radius 3 is 1.25 bits per heavy atom. The zero-order valence-electron chi connectivity index (χ0n) is 6.27. The molecular formula is C6H8O6. The normalized spacial score (nSPS) is 10.8. The number of carbonyl (C=O) groups is 3. The lowest BCUT2D eigenvalue weighted by molar-refractivity contribution is -0.175. The first-order valence-corrected chi connectivity index (χ1v) is 3.09. The maximum Gasteiger partial charge on any atom is 0.332 e. The van der Waals surface area contributed by atoms with Crippen molar-refractivity contribution < 1.29 is 29.7 Å². The summed E-state index contributed by atoms with van der Waals surface area (Å²) in [7, 11) is 0. The van der Waals surface area contributed by atoms with Crippen LogP contribution in [0.3, 0.4) is 0 Å². The zero-order valence-corrected chi connectivity index (χ0v) is 6.27. The number of carboxylic acid groups (broad SMARTS) is 3. The molecule has 0 fully saturated rings. The molecular weight excluding hydrogens is 168 g/mol. The smallest absolute Gasteiger partial charge is 0.332 e. The summed E-state index contributed by atoms with van der Waals surface area (Å²) in [4.78, 5) is 31.1. The van der Waals surface area contributed by atoms with Crippen molar-refractivity contribution in [3.8, 4) is 0 Å². The lowest BCUT2D eigenvalue weighted by Gasteiger charge is -2.16. The van der Waals surface area contributed by atoms with Crippen molar-refractivity contribution in [2.24, 2.45) is 5.41 Å². The van der Waals surface area contributed by atoms with Crippen LogP contribution in [0, 0.1) is 5.41 Å². The zero-order chi connectivity index (χ0) is 9.94. The van der Waals surface area contributed by atoms with Crippen LogP contribution in [0.5, 0.6) is 0 Å². The second kappa shape index (κ2) is 3.21. The van der Waals surface area contributed by atoms with Crippen LogP contribution >= 0.6 is 0 Å². The highest BCUT2D eigenvalue weighted by molar-refractivity contribution is 6.16. The molecule has 0 aliphatic rings. The van der Waals surface area contributed by atoms with Crippen molar-refractivity contribution in [1.29, 1.82) is 0 Å². The van der Waals surface area contributed by atoms with Crippen LogP contribution in [0.1, 0.15) is 13.3 Å². The van der Waals surface area contributed by atoms with Crippen molar-refractivity contribution in [3.63, 3.8) is 0 Å². The van der Waals surface area contributed by atoms with E-state index in [-0.39, 0.29) is 0 Å². The van der Waals surface area contributed by atoms with E-state index >= 15 is 0 Å². The highest BCUT2D eigenvalue weighted by Crippen LogP contribution is 2.22. The van der Waals surface area contributed by atoms with E-state index in [1.54, 1.807) is 0 Å². The molecule has 0 saturated heterocycles. The van der Waals surface area contributed by atoms with Crippen molar-refractivity contribution >= 4 is 17.9 Å². The molecule has 0 aromatic heterocycles. The standard InChI is InChI=1S/C6H8O6/c1-2-6(3(7)8,4(9)10)5(11)12/h2H2,1H3,(H,7,8)(H,9,10)(H,11,12). The van der Waals surface area contributed by atoms with Crippen molar-refractivity contribution in [1.82, 2.24) is 0 Å². The van der Waals surface area contributed by atoms with Gasteiger partial charge in [0.2, 0.25) is 0 Å². The predicted molar refractivity (Wildman–Crippen MR) is 35.6 cm³/mol. The molecule has 6 heteroatoms. The highest BCUT2D eigenvalue weighted by Gasteiger charge is 2.52. The van der Waals surface area contributed by atoms with E-state index in [0.717, 1.165) is 0 Å². The number of rotatable bonds is 4. The molecule has 68 valence electrons. The predicted octanol–water partition coefficient (Wildman–Crippen LogP) is -0.363. The third kappa shape index (κ3) is 1.23. The average molecular weight is 176 g/mol. The minimum atomic E-state index is -2.71. The van der Waals surface area contributed by atoms with E-state index in [0.29, 0.717) is 0 Å². The second-order valence-electron chi connectivity index (χ2n) is 2.17. The Morgan fingerprint density at radius 1 is 1.00 bits per heavy atom. The summed E-state index contributed by atoms with van der Waals surface area (Å²) in [5.41, 5.74) is -2.71. The third-order valence-corrected chi connectivity index (χ3v) is 1.63. The van der Waals surface area contributed by atoms with Crippen LogP contribution in [0.4, 0.5) is 0 Å². The third-order valence-electron chi connectivity index (χ3n) is 1.63. The maximum absolute atomic E-state index is 10.4. The van der Waals surface area contributed by atoms with Gasteiger partial charge in [-0.25, -0.2) is 0 Å². The van der Waals surface area contributed by atoms with Gasteiger partial charge in [0, 0.05) is 0 Å². The first kappa shape index (κ1) is 10.4. The molecule has 0 aromatic rings. The maximum atomic E-state index is 10.4. The molecule has 0 spiro atoms. The lowest BCUT2D eigenvalue weighted by Crippen LogP contribution is -2.45. The molecule has 0 aliphatic carbocycles. The molecule has 0 saturated carbocycles. The van der Waals surface area contributed by atoms with Crippen LogP contribution in [-0.4, -0.2) is 33.2 Å². The average Bonchev–Trinajstić information content (AvgIpc) is 1.86. The lowest BCUT2D eigenvalue weighted by atomic mass is 9.85. The van der Waals surface area contributed by atoms with Gasteiger partial charge >= 0.3 is 17.9 Å². The fourth-order valence-corrected chi connectivity index (χ4v) is 0.728. The second-order valence-corrected chi connectivity index (χ2v) is 2.17. The molecule has 3 N–H and O–H groups in total. The molecule has 0 atom stereocenters. The Balaban J connectivity index is 5.19. The van der Waals surface area contributed by atoms with Gasteiger partial charge in [-0.2, -0.15) is 0 Å². The summed E-state index contributed by atoms with van der Waals surface area (Å²) in [5, 5.41) is 25.2. The molecule has 0 radical (unpaired) electrons. The topological polar surface area (TPSA) is 112 Å². The van der Waals surface area contributed by atoms with Gasteiger partial charge in [0.15, 0.2) is 0 Å². The fraction of sp³-hybridized carbons (Fsp3) is 0.500. The first-order chi connectivity index (χ1) is 5.39. The Hall–Kier alpha value is -1.59. The van der Waals surface area contributed by atoms with E-state index in [2.05, 4.69) is 0 Å². The summed E-state index contributed by atoms with van der Waals surface area (Å²) in [6.45, 7) is 1.19. The van der Waals surface area contributed by atoms with Crippen LogP contribution < -0.4 is 0 Å². The largest absolute Gasteiger partial charge is 0.480 e. The SMILES string of the molecule is CCC(C(=O)O)(C(=O)O)C(=O)O. The molecule has 0 aromatic carbocycles. The fourth-order valence-electron chi connectivity index (χ4n) is 0.728. The number of aliphatic carboxylic acids is 3. The van der Waals surface area contributed by atoms with Gasteiger partial charge in [-0.1, -0.05) is 6.92 Å². The molecule has 0 bridgehead atoms. The van der Waals surface area contributed by atoms with Gasteiger partial charge in [0.05, 0.1) is 0 Å². The van der Waals surface area contributed by atoms with Gasteiger partial charge in [-0.15, -0.1) is 0 Å². The van der Waals surface area contributed by atoms with Crippen molar-refractivity contribution in [2.45, 2.75) is 13.3 Å². The Bertz CT molecular complexity index is 194. The molecule has 6 nitrogen and oxygen atoms in total. The number of hydrogen-bond donors (Lipinski definition) is 3.